The average molecular weight is 362 g/mol. The molecule has 1 aromatic heterocycles. The van der Waals surface area contributed by atoms with Crippen molar-refractivity contribution in [2.24, 2.45) is 4.99 Å². The van der Waals surface area contributed by atoms with E-state index in [1.807, 2.05) is 25.1 Å². The Morgan fingerprint density at radius 3 is 2.64 bits per heavy atom. The van der Waals surface area contributed by atoms with Gasteiger partial charge in [-0.2, -0.15) is 0 Å². The predicted octanol–water partition coefficient (Wildman–Crippen LogP) is 3.72. The minimum absolute atomic E-state index is 0.572. The molecule has 2 aromatic rings. The number of nitrogens with zero attached hydrogens (tertiary/aromatic N) is 1. The largest absolute Gasteiger partial charge is 0.493 e. The maximum absolute atomic E-state index is 5.63. The van der Waals surface area contributed by atoms with Crippen molar-refractivity contribution in [3.8, 4) is 11.5 Å². The number of ether oxygens (including phenoxy) is 2. The van der Waals surface area contributed by atoms with Gasteiger partial charge in [-0.15, -0.1) is 11.3 Å². The molecule has 1 aromatic carbocycles. The van der Waals surface area contributed by atoms with Crippen molar-refractivity contribution < 1.29 is 9.47 Å². The second kappa shape index (κ2) is 9.93. The van der Waals surface area contributed by atoms with E-state index in [0.29, 0.717) is 13.2 Å². The summed E-state index contributed by atoms with van der Waals surface area (Å²) in [7, 11) is 1.65. The van der Waals surface area contributed by atoms with E-state index >= 15 is 0 Å². The lowest BCUT2D eigenvalue weighted by atomic mass is 10.2. The summed E-state index contributed by atoms with van der Waals surface area (Å²) < 4.78 is 11.0. The fourth-order valence-corrected chi connectivity index (χ4v) is 3.19. The Morgan fingerprint density at radius 1 is 1.16 bits per heavy atom. The van der Waals surface area contributed by atoms with Crippen LogP contribution in [0, 0.1) is 6.92 Å². The molecule has 6 heteroatoms. The molecule has 0 aliphatic rings. The Labute approximate surface area is 154 Å². The Hall–Kier alpha value is -2.21. The smallest absolute Gasteiger partial charge is 0.191 e. The number of nitrogens with one attached hydrogen (secondary N) is 2. The van der Waals surface area contributed by atoms with E-state index in [4.69, 9.17) is 9.47 Å². The van der Waals surface area contributed by atoms with Gasteiger partial charge in [-0.25, -0.2) is 4.99 Å². The van der Waals surface area contributed by atoms with Gasteiger partial charge in [0.15, 0.2) is 17.5 Å². The third-order valence-corrected chi connectivity index (χ3v) is 4.70. The lowest BCUT2D eigenvalue weighted by Gasteiger charge is -2.12. The molecule has 136 valence electrons. The number of rotatable bonds is 8. The van der Waals surface area contributed by atoms with Crippen molar-refractivity contribution >= 4 is 17.3 Å². The van der Waals surface area contributed by atoms with E-state index in [1.54, 1.807) is 18.4 Å². The summed E-state index contributed by atoms with van der Waals surface area (Å²) >= 11 is 1.76. The number of benzene rings is 1. The highest BCUT2D eigenvalue weighted by Gasteiger charge is 2.06. The van der Waals surface area contributed by atoms with Gasteiger partial charge in [0.2, 0.25) is 0 Å². The molecule has 2 N–H and O–H groups in total. The lowest BCUT2D eigenvalue weighted by Crippen LogP contribution is -2.36. The van der Waals surface area contributed by atoms with E-state index in [-0.39, 0.29) is 0 Å². The molecule has 0 atom stereocenters. The number of hydrogen-bond donors (Lipinski definition) is 2. The Balaban J connectivity index is 2.04. The first-order valence-corrected chi connectivity index (χ1v) is 9.40. The molecule has 0 amide bonds. The highest BCUT2D eigenvalue weighted by atomic mass is 32.1. The number of hydrogen-bond acceptors (Lipinski definition) is 4. The zero-order valence-corrected chi connectivity index (χ0v) is 16.2. The summed E-state index contributed by atoms with van der Waals surface area (Å²) in [6.45, 7) is 8.93. The quantitative estimate of drug-likeness (QED) is 0.556. The fraction of sp³-hybridized carbons (Fsp3) is 0.421. The summed E-state index contributed by atoms with van der Waals surface area (Å²) in [5.41, 5.74) is 2.39. The molecule has 0 spiro atoms. The van der Waals surface area contributed by atoms with Crippen LogP contribution in [0.2, 0.25) is 0 Å². The minimum atomic E-state index is 0.572. The number of aryl methyl sites for hydroxylation is 1. The zero-order valence-electron chi connectivity index (χ0n) is 15.4. The molecule has 25 heavy (non-hydrogen) atoms. The maximum atomic E-state index is 5.63. The second-order valence-electron chi connectivity index (χ2n) is 5.49. The molecule has 0 aliphatic carbocycles. The van der Waals surface area contributed by atoms with Crippen LogP contribution in [0.15, 0.2) is 34.6 Å². The van der Waals surface area contributed by atoms with Gasteiger partial charge in [0.25, 0.3) is 0 Å². The van der Waals surface area contributed by atoms with Gasteiger partial charge in [-0.05, 0) is 55.5 Å². The van der Waals surface area contributed by atoms with Crippen molar-refractivity contribution in [2.75, 3.05) is 20.3 Å². The lowest BCUT2D eigenvalue weighted by molar-refractivity contribution is 0.310. The summed E-state index contributed by atoms with van der Waals surface area (Å²) in [5.74, 6) is 2.31. The highest BCUT2D eigenvalue weighted by Crippen LogP contribution is 2.28. The van der Waals surface area contributed by atoms with Crippen molar-refractivity contribution in [3.63, 3.8) is 0 Å². The SMILES string of the molecule is CCNC(=NCc1ccc(OC)c(OCC)c1)NCc1sccc1C. The average Bonchev–Trinajstić information content (AvgIpc) is 3.03. The van der Waals surface area contributed by atoms with Crippen LogP contribution >= 0.6 is 11.3 Å². The molecule has 5 nitrogen and oxygen atoms in total. The standard InChI is InChI=1S/C19H27N3O2S/c1-5-20-19(22-13-18-14(3)9-10-25-18)21-12-15-7-8-16(23-4)17(11-15)24-6-2/h7-11H,5-6,12-13H2,1-4H3,(H2,20,21,22). The summed E-state index contributed by atoms with van der Waals surface area (Å²) in [4.78, 5) is 6.00. The van der Waals surface area contributed by atoms with E-state index in [2.05, 4.69) is 40.9 Å². The molecule has 0 aliphatic heterocycles. The number of guanidine groups is 1. The van der Waals surface area contributed by atoms with Crippen LogP contribution in [0.25, 0.3) is 0 Å². The molecule has 0 saturated carbocycles. The molecule has 0 bridgehead atoms. The van der Waals surface area contributed by atoms with Crippen LogP contribution in [-0.4, -0.2) is 26.2 Å². The van der Waals surface area contributed by atoms with E-state index in [9.17, 15) is 0 Å². The first-order valence-electron chi connectivity index (χ1n) is 8.52. The monoisotopic (exact) mass is 361 g/mol. The van der Waals surface area contributed by atoms with Crippen molar-refractivity contribution in [2.45, 2.75) is 33.9 Å². The predicted molar refractivity (Wildman–Crippen MR) is 105 cm³/mol. The van der Waals surface area contributed by atoms with Gasteiger partial charge in [-0.1, -0.05) is 6.07 Å². The molecule has 0 fully saturated rings. The zero-order chi connectivity index (χ0) is 18.1. The first kappa shape index (κ1) is 19.1. The molecule has 0 unspecified atom stereocenters. The van der Waals surface area contributed by atoms with Gasteiger partial charge in [-0.3, -0.25) is 0 Å². The number of thiophene rings is 1. The third kappa shape index (κ3) is 5.67. The minimum Gasteiger partial charge on any atom is -0.493 e. The molecule has 1 heterocycles. The van der Waals surface area contributed by atoms with Gasteiger partial charge in [0.1, 0.15) is 0 Å². The molecular weight excluding hydrogens is 334 g/mol. The third-order valence-electron chi connectivity index (χ3n) is 3.68. The van der Waals surface area contributed by atoms with Crippen LogP contribution in [0.5, 0.6) is 11.5 Å². The van der Waals surface area contributed by atoms with Crippen molar-refractivity contribution in [1.82, 2.24) is 10.6 Å². The van der Waals surface area contributed by atoms with Crippen LogP contribution < -0.4 is 20.1 Å². The van der Waals surface area contributed by atoms with Gasteiger partial charge in [0.05, 0.1) is 26.8 Å². The second-order valence-corrected chi connectivity index (χ2v) is 6.49. The van der Waals surface area contributed by atoms with Crippen LogP contribution in [-0.2, 0) is 13.1 Å². The Bertz CT molecular complexity index is 698. The van der Waals surface area contributed by atoms with Gasteiger partial charge in [0, 0.05) is 11.4 Å². The van der Waals surface area contributed by atoms with Crippen LogP contribution in [0.4, 0.5) is 0 Å². The molecule has 0 saturated heterocycles. The molecular formula is C19H27N3O2S. The highest BCUT2D eigenvalue weighted by molar-refractivity contribution is 7.10. The normalized spacial score (nSPS) is 11.3. The van der Waals surface area contributed by atoms with Crippen LogP contribution in [0.3, 0.4) is 0 Å². The molecule has 2 rings (SSSR count). The number of aliphatic imine (C=N–C) groups is 1. The van der Waals surface area contributed by atoms with E-state index in [0.717, 1.165) is 36.1 Å². The Morgan fingerprint density at radius 2 is 2.00 bits per heavy atom. The van der Waals surface area contributed by atoms with E-state index in [1.165, 1.54) is 10.4 Å². The molecule has 0 radical (unpaired) electrons. The van der Waals surface area contributed by atoms with Gasteiger partial charge >= 0.3 is 0 Å². The maximum Gasteiger partial charge on any atom is 0.191 e. The Kier molecular flexibility index (Phi) is 7.60. The van der Waals surface area contributed by atoms with Crippen molar-refractivity contribution in [3.05, 3.63) is 45.6 Å². The summed E-state index contributed by atoms with van der Waals surface area (Å²) in [5, 5.41) is 8.79. The van der Waals surface area contributed by atoms with Gasteiger partial charge < -0.3 is 20.1 Å². The number of methoxy groups -OCH3 is 1. The topological polar surface area (TPSA) is 54.9 Å². The van der Waals surface area contributed by atoms with Crippen molar-refractivity contribution in [1.29, 1.82) is 0 Å². The first-order chi connectivity index (χ1) is 12.2. The van der Waals surface area contributed by atoms with E-state index < -0.39 is 0 Å². The van der Waals surface area contributed by atoms with Crippen LogP contribution in [0.1, 0.15) is 29.9 Å². The summed E-state index contributed by atoms with van der Waals surface area (Å²) in [6.07, 6.45) is 0. The fourth-order valence-electron chi connectivity index (χ4n) is 2.35. The summed E-state index contributed by atoms with van der Waals surface area (Å²) in [6, 6.07) is 8.06.